The molecule has 0 saturated carbocycles. The fourth-order valence-electron chi connectivity index (χ4n) is 3.26. The van der Waals surface area contributed by atoms with Gasteiger partial charge in [-0.1, -0.05) is 0 Å². The zero-order chi connectivity index (χ0) is 16.7. The first kappa shape index (κ1) is 15.1. The number of nitriles is 1. The summed E-state index contributed by atoms with van der Waals surface area (Å²) in [6, 6.07) is 3.70. The topological polar surface area (TPSA) is 135 Å². The smallest absolute Gasteiger partial charge is 0.185 e. The Labute approximate surface area is 139 Å². The van der Waals surface area contributed by atoms with Gasteiger partial charge in [-0.25, -0.2) is 9.97 Å². The number of likely N-dealkylation sites (tertiary alicyclic amines) is 1. The van der Waals surface area contributed by atoms with Gasteiger partial charge in [-0.15, -0.1) is 10.2 Å². The van der Waals surface area contributed by atoms with Gasteiger partial charge in [-0.05, 0) is 23.6 Å². The Morgan fingerprint density at radius 3 is 3.04 bits per heavy atom. The molecular formula is C14H12N7O2S-. The van der Waals surface area contributed by atoms with Crippen LogP contribution in [0.2, 0.25) is 0 Å². The molecule has 1 aliphatic heterocycles. The molecule has 3 aromatic heterocycles. The van der Waals surface area contributed by atoms with Crippen molar-refractivity contribution in [3.8, 4) is 6.07 Å². The number of aromatic amines is 1. The summed E-state index contributed by atoms with van der Waals surface area (Å²) in [7, 11) is 0. The highest BCUT2D eigenvalue weighted by Crippen LogP contribution is 2.33. The molecule has 1 fully saturated rings. The molecule has 0 aromatic carbocycles. The maximum atomic E-state index is 11.2. The van der Waals surface area contributed by atoms with Crippen LogP contribution in [0.25, 0.3) is 22.1 Å². The van der Waals surface area contributed by atoms with E-state index in [0.717, 1.165) is 22.9 Å². The lowest BCUT2D eigenvalue weighted by Crippen LogP contribution is -2.35. The predicted octanol–water partition coefficient (Wildman–Crippen LogP) is 0.419. The van der Waals surface area contributed by atoms with Gasteiger partial charge in [0.15, 0.2) is 16.7 Å². The van der Waals surface area contributed by atoms with Gasteiger partial charge in [-0.2, -0.15) is 5.26 Å². The largest absolute Gasteiger partial charge is 0.770 e. The molecule has 4 rings (SSSR count). The van der Waals surface area contributed by atoms with Gasteiger partial charge in [0.2, 0.25) is 0 Å². The van der Waals surface area contributed by atoms with Crippen molar-refractivity contribution in [2.45, 2.75) is 17.7 Å². The molecule has 0 radical (unpaired) electrons. The van der Waals surface area contributed by atoms with Gasteiger partial charge in [0, 0.05) is 36.3 Å². The summed E-state index contributed by atoms with van der Waals surface area (Å²) >= 11 is -2.45. The summed E-state index contributed by atoms with van der Waals surface area (Å²) in [6.45, 7) is 1.01. The molecule has 0 amide bonds. The van der Waals surface area contributed by atoms with Crippen LogP contribution in [0.3, 0.4) is 0 Å². The van der Waals surface area contributed by atoms with E-state index in [1.165, 1.54) is 0 Å². The van der Waals surface area contributed by atoms with Gasteiger partial charge in [-0.3, -0.25) is 9.11 Å². The van der Waals surface area contributed by atoms with Gasteiger partial charge in [0.25, 0.3) is 0 Å². The van der Waals surface area contributed by atoms with E-state index in [1.807, 2.05) is 12.1 Å². The van der Waals surface area contributed by atoms with Crippen LogP contribution >= 0.6 is 0 Å². The monoisotopic (exact) mass is 342 g/mol. The number of hydrogen-bond acceptors (Lipinski definition) is 8. The zero-order valence-corrected chi connectivity index (χ0v) is 13.2. The van der Waals surface area contributed by atoms with Crippen molar-refractivity contribution in [2.75, 3.05) is 13.1 Å². The highest BCUT2D eigenvalue weighted by molar-refractivity contribution is 7.80. The van der Waals surface area contributed by atoms with Crippen LogP contribution in [0.15, 0.2) is 18.6 Å². The number of rotatable bonds is 3. The van der Waals surface area contributed by atoms with E-state index in [9.17, 15) is 8.76 Å². The highest BCUT2D eigenvalue weighted by atomic mass is 32.2. The highest BCUT2D eigenvalue weighted by Gasteiger charge is 2.31. The Morgan fingerprint density at radius 2 is 2.25 bits per heavy atom. The summed E-state index contributed by atoms with van der Waals surface area (Å²) in [5.41, 5.74) is 1.99. The van der Waals surface area contributed by atoms with Gasteiger partial charge in [0.05, 0.1) is 17.8 Å². The molecule has 1 aliphatic rings. The van der Waals surface area contributed by atoms with Crippen LogP contribution in [0.5, 0.6) is 0 Å². The molecule has 1 N–H and O–H groups in total. The average Bonchev–Trinajstić information content (AvgIpc) is 3.23. The second-order valence-corrected chi connectivity index (χ2v) is 6.59. The summed E-state index contributed by atoms with van der Waals surface area (Å²) < 4.78 is 22.4. The van der Waals surface area contributed by atoms with Gasteiger partial charge >= 0.3 is 0 Å². The number of H-pyrrole nitrogens is 1. The third-order valence-corrected chi connectivity index (χ3v) is 5.11. The van der Waals surface area contributed by atoms with Gasteiger partial charge in [0.1, 0.15) is 0 Å². The van der Waals surface area contributed by atoms with Crippen molar-refractivity contribution in [1.29, 1.82) is 5.26 Å². The summed E-state index contributed by atoms with van der Waals surface area (Å²) in [5, 5.41) is 17.8. The van der Waals surface area contributed by atoms with E-state index in [-0.39, 0.29) is 5.92 Å². The molecule has 10 heteroatoms. The van der Waals surface area contributed by atoms with Crippen LogP contribution in [-0.2, 0) is 11.1 Å². The fraction of sp³-hybridized carbons (Fsp3) is 0.357. The third-order valence-electron chi connectivity index (χ3n) is 4.34. The predicted molar refractivity (Wildman–Crippen MR) is 84.2 cm³/mol. The van der Waals surface area contributed by atoms with E-state index in [2.05, 4.69) is 25.1 Å². The van der Waals surface area contributed by atoms with Crippen LogP contribution in [0.4, 0.5) is 0 Å². The van der Waals surface area contributed by atoms with E-state index >= 15 is 0 Å². The zero-order valence-electron chi connectivity index (χ0n) is 12.4. The molecule has 0 bridgehead atoms. The molecule has 4 heterocycles. The lowest BCUT2D eigenvalue weighted by molar-refractivity contribution is 0.333. The molecule has 9 nitrogen and oxygen atoms in total. The first-order chi connectivity index (χ1) is 11.7. The number of nitrogens with zero attached hydrogens (tertiary/aromatic N) is 6. The molecule has 1 saturated heterocycles. The minimum Gasteiger partial charge on any atom is -0.770 e. The van der Waals surface area contributed by atoms with Crippen molar-refractivity contribution >= 4 is 33.1 Å². The van der Waals surface area contributed by atoms with E-state index < -0.39 is 16.5 Å². The molecule has 122 valence electrons. The minimum absolute atomic E-state index is 0.0530. The maximum absolute atomic E-state index is 11.2. The van der Waals surface area contributed by atoms with E-state index in [0.29, 0.717) is 24.4 Å². The lowest BCUT2D eigenvalue weighted by Gasteiger charge is -2.23. The second-order valence-electron chi connectivity index (χ2n) is 5.62. The van der Waals surface area contributed by atoms with Crippen LogP contribution in [0.1, 0.15) is 18.0 Å². The minimum atomic E-state index is -2.45. The quantitative estimate of drug-likeness (QED) is 0.677. The van der Waals surface area contributed by atoms with Crippen molar-refractivity contribution < 1.29 is 8.76 Å². The van der Waals surface area contributed by atoms with Gasteiger partial charge < -0.3 is 9.54 Å². The SMILES string of the molecule is N#CC(N1CCC(c2[nH]cnc3nnc4nccc4c23)C1)S(=O)[O-]. The van der Waals surface area contributed by atoms with Crippen molar-refractivity contribution in [3.05, 3.63) is 24.3 Å². The van der Waals surface area contributed by atoms with Crippen LogP contribution in [-0.4, -0.2) is 57.3 Å². The summed E-state index contributed by atoms with van der Waals surface area (Å²) in [4.78, 5) is 13.2. The Kier molecular flexibility index (Phi) is 3.68. The van der Waals surface area contributed by atoms with E-state index in [1.54, 1.807) is 17.4 Å². The van der Waals surface area contributed by atoms with Crippen molar-refractivity contribution in [2.24, 2.45) is 0 Å². The molecule has 3 unspecified atom stereocenters. The molecule has 0 aliphatic carbocycles. The normalized spacial score (nSPS) is 21.1. The lowest BCUT2D eigenvalue weighted by atomic mass is 10.0. The average molecular weight is 342 g/mol. The standard InChI is InChI=1S/C14H13N7O2S/c15-5-10(24(22)23)21-4-2-8(6-21)12-11-9-1-3-16-13(9)19-20-14(11)18-7-17-12/h1,3,7-8,10H,2,4,6H2,(H,22,23)(H,17,18,20)/p-1. The number of hydrogen-bond donors (Lipinski definition) is 1. The Balaban J connectivity index is 1.77. The Hall–Kier alpha value is -2.48. The van der Waals surface area contributed by atoms with Crippen molar-refractivity contribution in [3.63, 3.8) is 0 Å². The molecule has 3 aromatic rings. The number of nitrogens with one attached hydrogen (secondary N) is 1. The third kappa shape index (κ3) is 2.34. The Bertz CT molecular complexity index is 982. The molecule has 24 heavy (non-hydrogen) atoms. The summed E-state index contributed by atoms with van der Waals surface area (Å²) in [5.74, 6) is 0.0530. The van der Waals surface area contributed by atoms with E-state index in [4.69, 9.17) is 5.26 Å². The maximum Gasteiger partial charge on any atom is 0.185 e. The van der Waals surface area contributed by atoms with Crippen molar-refractivity contribution in [1.82, 2.24) is 30.0 Å². The fourth-order valence-corrected chi connectivity index (χ4v) is 3.78. The Morgan fingerprint density at radius 1 is 1.42 bits per heavy atom. The molecular weight excluding hydrogens is 330 g/mol. The van der Waals surface area contributed by atoms with Crippen LogP contribution in [0, 0.1) is 11.3 Å². The first-order valence-corrected chi connectivity index (χ1v) is 8.49. The molecule has 0 spiro atoms. The molecule has 3 atom stereocenters. The number of fused-ring (bicyclic) bond motifs is 3. The second kappa shape index (κ2) is 5.86. The first-order valence-electron chi connectivity index (χ1n) is 7.35. The van der Waals surface area contributed by atoms with Crippen LogP contribution < -0.4 is 0 Å². The number of aromatic nitrogens is 5. The summed E-state index contributed by atoms with van der Waals surface area (Å²) in [6.07, 6.45) is 3.97.